The summed E-state index contributed by atoms with van der Waals surface area (Å²) in [5, 5.41) is 3.21. The first-order valence-corrected chi connectivity index (χ1v) is 10.8. The highest BCUT2D eigenvalue weighted by atomic mass is 32.1. The molecule has 1 N–H and O–H groups in total. The minimum atomic E-state index is -0.552. The van der Waals surface area contributed by atoms with E-state index in [4.69, 9.17) is 9.47 Å². The summed E-state index contributed by atoms with van der Waals surface area (Å²) in [6.07, 6.45) is 2.88. The van der Waals surface area contributed by atoms with Crippen molar-refractivity contribution in [2.45, 2.75) is 86.4 Å². The molecule has 0 saturated heterocycles. The van der Waals surface area contributed by atoms with Crippen molar-refractivity contribution in [3.05, 3.63) is 16.0 Å². The second-order valence-corrected chi connectivity index (χ2v) is 8.43. The summed E-state index contributed by atoms with van der Waals surface area (Å²) < 4.78 is 10.6. The molecule has 1 amide bonds. The Kier molecular flexibility index (Phi) is 9.65. The van der Waals surface area contributed by atoms with E-state index >= 15 is 0 Å². The van der Waals surface area contributed by atoms with Crippen LogP contribution in [0.25, 0.3) is 0 Å². The number of hydrogen-bond acceptors (Lipinski definition) is 6. The van der Waals surface area contributed by atoms with E-state index in [9.17, 15) is 14.4 Å². The number of hydrogen-bond donors (Lipinski definition) is 1. The second-order valence-electron chi connectivity index (χ2n) is 7.41. The zero-order chi connectivity index (χ0) is 21.4. The molecule has 1 unspecified atom stereocenters. The Morgan fingerprint density at radius 3 is 2.07 bits per heavy atom. The number of anilines is 1. The van der Waals surface area contributed by atoms with Gasteiger partial charge in [0.2, 0.25) is 5.91 Å². The number of rotatable bonds is 10. The van der Waals surface area contributed by atoms with Crippen LogP contribution in [0.1, 0.15) is 92.8 Å². The van der Waals surface area contributed by atoms with Crippen LogP contribution in [0.3, 0.4) is 0 Å². The molecule has 1 atom stereocenters. The summed E-state index contributed by atoms with van der Waals surface area (Å²) >= 11 is 1.06. The highest BCUT2D eigenvalue weighted by Gasteiger charge is 2.29. The Labute approximate surface area is 172 Å². The van der Waals surface area contributed by atoms with Gasteiger partial charge in [-0.25, -0.2) is 9.59 Å². The SMILES string of the molecule is CCCCC(CC)C(=O)Nc1sc(C(=O)OC(C)C)c(C)c1C(=O)OC(C)C. The Morgan fingerprint density at radius 1 is 1.00 bits per heavy atom. The van der Waals surface area contributed by atoms with Gasteiger partial charge in [-0.3, -0.25) is 4.79 Å². The van der Waals surface area contributed by atoms with Gasteiger partial charge in [0.25, 0.3) is 0 Å². The quantitative estimate of drug-likeness (QED) is 0.525. The molecule has 6 nitrogen and oxygen atoms in total. The maximum Gasteiger partial charge on any atom is 0.348 e. The number of amides is 1. The van der Waals surface area contributed by atoms with Crippen LogP contribution in [-0.2, 0) is 14.3 Å². The van der Waals surface area contributed by atoms with Crippen molar-refractivity contribution in [3.63, 3.8) is 0 Å². The highest BCUT2D eigenvalue weighted by Crippen LogP contribution is 2.35. The van der Waals surface area contributed by atoms with E-state index in [0.29, 0.717) is 21.9 Å². The molecule has 0 aliphatic rings. The molecule has 0 aromatic carbocycles. The van der Waals surface area contributed by atoms with E-state index in [1.165, 1.54) is 0 Å². The van der Waals surface area contributed by atoms with Crippen molar-refractivity contribution in [3.8, 4) is 0 Å². The van der Waals surface area contributed by atoms with E-state index in [0.717, 1.165) is 30.6 Å². The van der Waals surface area contributed by atoms with Crippen LogP contribution in [0.4, 0.5) is 5.00 Å². The first-order chi connectivity index (χ1) is 13.1. The summed E-state index contributed by atoms with van der Waals surface area (Å²) in [7, 11) is 0. The molecule has 1 rings (SSSR count). The van der Waals surface area contributed by atoms with Crippen LogP contribution in [0.15, 0.2) is 0 Å². The van der Waals surface area contributed by atoms with Crippen LogP contribution in [0.5, 0.6) is 0 Å². The Morgan fingerprint density at radius 2 is 1.57 bits per heavy atom. The molecule has 0 spiro atoms. The van der Waals surface area contributed by atoms with Gasteiger partial charge < -0.3 is 14.8 Å². The molecule has 158 valence electrons. The number of esters is 2. The fourth-order valence-electron chi connectivity index (χ4n) is 2.77. The normalized spacial score (nSPS) is 12.2. The lowest BCUT2D eigenvalue weighted by atomic mass is 9.98. The van der Waals surface area contributed by atoms with Crippen LogP contribution in [-0.4, -0.2) is 30.1 Å². The highest BCUT2D eigenvalue weighted by molar-refractivity contribution is 7.18. The average Bonchev–Trinajstić information content (AvgIpc) is 2.90. The second kappa shape index (κ2) is 11.2. The van der Waals surface area contributed by atoms with Gasteiger partial charge in [0.1, 0.15) is 9.88 Å². The predicted octanol–water partition coefficient (Wildman–Crippen LogP) is 5.34. The predicted molar refractivity (Wildman–Crippen MR) is 112 cm³/mol. The van der Waals surface area contributed by atoms with Crippen molar-refractivity contribution in [2.75, 3.05) is 5.32 Å². The Bertz CT molecular complexity index is 693. The zero-order valence-corrected chi connectivity index (χ0v) is 18.8. The molecular formula is C21H33NO5S. The van der Waals surface area contributed by atoms with Crippen molar-refractivity contribution >= 4 is 34.2 Å². The van der Waals surface area contributed by atoms with Gasteiger partial charge in [-0.15, -0.1) is 11.3 Å². The smallest absolute Gasteiger partial charge is 0.348 e. The first-order valence-electron chi connectivity index (χ1n) is 9.98. The topological polar surface area (TPSA) is 81.7 Å². The third-order valence-electron chi connectivity index (χ3n) is 4.23. The minimum Gasteiger partial charge on any atom is -0.459 e. The maximum atomic E-state index is 12.7. The van der Waals surface area contributed by atoms with E-state index in [1.54, 1.807) is 34.6 Å². The van der Waals surface area contributed by atoms with Gasteiger partial charge >= 0.3 is 11.9 Å². The van der Waals surface area contributed by atoms with E-state index in [1.807, 2.05) is 6.92 Å². The molecule has 28 heavy (non-hydrogen) atoms. The minimum absolute atomic E-state index is 0.137. The maximum absolute atomic E-state index is 12.7. The number of carbonyl (C=O) groups excluding carboxylic acids is 3. The summed E-state index contributed by atoms with van der Waals surface area (Å²) in [6.45, 7) is 12.8. The van der Waals surface area contributed by atoms with Crippen LogP contribution in [0, 0.1) is 12.8 Å². The average molecular weight is 412 g/mol. The van der Waals surface area contributed by atoms with Crippen LogP contribution < -0.4 is 5.32 Å². The third-order valence-corrected chi connectivity index (χ3v) is 5.42. The van der Waals surface area contributed by atoms with E-state index in [2.05, 4.69) is 12.2 Å². The number of unbranched alkanes of at least 4 members (excludes halogenated alkanes) is 1. The van der Waals surface area contributed by atoms with Crippen LogP contribution >= 0.6 is 11.3 Å². The van der Waals surface area contributed by atoms with Crippen molar-refractivity contribution in [2.24, 2.45) is 5.92 Å². The summed E-state index contributed by atoms with van der Waals surface area (Å²) in [4.78, 5) is 38.1. The van der Waals surface area contributed by atoms with Crippen LogP contribution in [0.2, 0.25) is 0 Å². The lowest BCUT2D eigenvalue weighted by Crippen LogP contribution is -2.23. The summed E-state index contributed by atoms with van der Waals surface area (Å²) in [6, 6.07) is 0. The molecule has 1 heterocycles. The number of ether oxygens (including phenoxy) is 2. The van der Waals surface area contributed by atoms with Gasteiger partial charge in [0.05, 0.1) is 17.8 Å². The van der Waals surface area contributed by atoms with E-state index < -0.39 is 11.9 Å². The van der Waals surface area contributed by atoms with Gasteiger partial charge in [-0.1, -0.05) is 26.7 Å². The lowest BCUT2D eigenvalue weighted by molar-refractivity contribution is -0.120. The van der Waals surface area contributed by atoms with Gasteiger partial charge in [-0.2, -0.15) is 0 Å². The first kappa shape index (κ1) is 24.1. The molecule has 0 aliphatic carbocycles. The fourth-order valence-corrected chi connectivity index (χ4v) is 3.85. The molecule has 1 aromatic rings. The number of thiophene rings is 1. The lowest BCUT2D eigenvalue weighted by Gasteiger charge is -2.15. The Hall–Kier alpha value is -1.89. The largest absolute Gasteiger partial charge is 0.459 e. The summed E-state index contributed by atoms with van der Waals surface area (Å²) in [5.74, 6) is -1.33. The molecule has 0 radical (unpaired) electrons. The van der Waals surface area contributed by atoms with Crippen molar-refractivity contribution in [1.82, 2.24) is 0 Å². The number of carbonyl (C=O) groups is 3. The third kappa shape index (κ3) is 6.62. The Balaban J connectivity index is 3.24. The molecule has 1 aromatic heterocycles. The molecule has 0 bridgehead atoms. The summed E-state index contributed by atoms with van der Waals surface area (Å²) in [5.41, 5.74) is 0.700. The fraction of sp³-hybridized carbons (Fsp3) is 0.667. The molecule has 0 saturated carbocycles. The van der Waals surface area contributed by atoms with Crippen molar-refractivity contribution < 1.29 is 23.9 Å². The van der Waals surface area contributed by atoms with Gasteiger partial charge in [0, 0.05) is 5.92 Å². The monoisotopic (exact) mass is 411 g/mol. The molecule has 7 heteroatoms. The van der Waals surface area contributed by atoms with Crippen molar-refractivity contribution in [1.29, 1.82) is 0 Å². The molecular weight excluding hydrogens is 378 g/mol. The standard InChI is InChI=1S/C21H33NO5S/c1-8-10-11-15(9-2)18(23)22-19-16(20(24)26-12(3)4)14(7)17(28-19)21(25)27-13(5)6/h12-13,15H,8-11H2,1-7H3,(H,22,23). The number of nitrogens with one attached hydrogen (secondary N) is 1. The van der Waals surface area contributed by atoms with Gasteiger partial charge in [-0.05, 0) is 53.0 Å². The van der Waals surface area contributed by atoms with Gasteiger partial charge in [0.15, 0.2) is 0 Å². The van der Waals surface area contributed by atoms with E-state index in [-0.39, 0.29) is 29.6 Å². The molecule has 0 fully saturated rings. The zero-order valence-electron chi connectivity index (χ0n) is 18.0. The molecule has 0 aliphatic heterocycles.